The fourth-order valence-corrected chi connectivity index (χ4v) is 1.67. The summed E-state index contributed by atoms with van der Waals surface area (Å²) < 4.78 is 5.37. The molecule has 2 rings (SSSR count). The molecule has 0 spiro atoms. The molecule has 0 aliphatic carbocycles. The van der Waals surface area contributed by atoms with Gasteiger partial charge in [0.25, 0.3) is 0 Å². The van der Waals surface area contributed by atoms with E-state index in [1.165, 1.54) is 0 Å². The Morgan fingerprint density at radius 3 is 3.00 bits per heavy atom. The first-order valence-electron chi connectivity index (χ1n) is 5.53. The van der Waals surface area contributed by atoms with Gasteiger partial charge in [-0.2, -0.15) is 0 Å². The van der Waals surface area contributed by atoms with Crippen LogP contribution in [-0.2, 0) is 11.2 Å². The van der Waals surface area contributed by atoms with Gasteiger partial charge in [-0.05, 0) is 12.5 Å². The van der Waals surface area contributed by atoms with Crippen molar-refractivity contribution in [3.05, 3.63) is 36.1 Å². The van der Waals surface area contributed by atoms with E-state index in [1.54, 1.807) is 6.26 Å². The van der Waals surface area contributed by atoms with Crippen molar-refractivity contribution >= 4 is 16.9 Å². The molecule has 84 valence electrons. The summed E-state index contributed by atoms with van der Waals surface area (Å²) >= 11 is 0. The van der Waals surface area contributed by atoms with Gasteiger partial charge in [-0.25, -0.2) is 0 Å². The molecule has 1 aromatic heterocycles. The number of fused-ring (bicyclic) bond motifs is 1. The van der Waals surface area contributed by atoms with E-state index in [4.69, 9.17) is 4.42 Å². The Balaban J connectivity index is 2.12. The second kappa shape index (κ2) is 4.84. The van der Waals surface area contributed by atoms with E-state index in [0.717, 1.165) is 29.5 Å². The third-order valence-corrected chi connectivity index (χ3v) is 2.48. The van der Waals surface area contributed by atoms with Crippen LogP contribution in [-0.4, -0.2) is 12.5 Å². The van der Waals surface area contributed by atoms with Gasteiger partial charge in [0.15, 0.2) is 0 Å². The van der Waals surface area contributed by atoms with Gasteiger partial charge in [-0.15, -0.1) is 0 Å². The van der Waals surface area contributed by atoms with Crippen molar-refractivity contribution in [2.75, 3.05) is 6.54 Å². The first-order valence-corrected chi connectivity index (χ1v) is 5.53. The monoisotopic (exact) mass is 217 g/mol. The van der Waals surface area contributed by atoms with Crippen molar-refractivity contribution in [2.24, 2.45) is 0 Å². The summed E-state index contributed by atoms with van der Waals surface area (Å²) in [7, 11) is 0. The molecule has 1 heterocycles. The van der Waals surface area contributed by atoms with Crippen LogP contribution in [0, 0.1) is 0 Å². The Labute approximate surface area is 94.4 Å². The minimum Gasteiger partial charge on any atom is -0.464 e. The Morgan fingerprint density at radius 1 is 1.38 bits per heavy atom. The molecule has 0 saturated carbocycles. The smallest absolute Gasteiger partial charge is 0.224 e. The molecule has 0 saturated heterocycles. The molecule has 0 bridgehead atoms. The maximum atomic E-state index is 11.6. The minimum atomic E-state index is 0.0494. The number of carbonyl (C=O) groups excluding carboxylic acids is 1. The first-order chi connectivity index (χ1) is 7.81. The minimum absolute atomic E-state index is 0.0494. The van der Waals surface area contributed by atoms with E-state index >= 15 is 0 Å². The summed E-state index contributed by atoms with van der Waals surface area (Å²) in [6.07, 6.45) is 3.01. The molecule has 1 N–H and O–H groups in total. The van der Waals surface area contributed by atoms with Crippen LogP contribution < -0.4 is 5.32 Å². The van der Waals surface area contributed by atoms with Crippen molar-refractivity contribution in [1.82, 2.24) is 5.32 Å². The number of hydrogen-bond donors (Lipinski definition) is 1. The number of furan rings is 1. The molecule has 3 heteroatoms. The Hall–Kier alpha value is -1.77. The lowest BCUT2D eigenvalue weighted by Gasteiger charge is -2.01. The number of carbonyl (C=O) groups is 1. The number of amides is 1. The maximum absolute atomic E-state index is 11.6. The van der Waals surface area contributed by atoms with Gasteiger partial charge >= 0.3 is 0 Å². The van der Waals surface area contributed by atoms with Crippen molar-refractivity contribution in [3.63, 3.8) is 0 Å². The molecule has 0 unspecified atom stereocenters. The van der Waals surface area contributed by atoms with E-state index in [2.05, 4.69) is 5.32 Å². The normalized spacial score (nSPS) is 10.6. The van der Waals surface area contributed by atoms with Gasteiger partial charge in [0, 0.05) is 17.5 Å². The van der Waals surface area contributed by atoms with Crippen LogP contribution >= 0.6 is 0 Å². The van der Waals surface area contributed by atoms with E-state index in [-0.39, 0.29) is 5.91 Å². The number of hydrogen-bond acceptors (Lipinski definition) is 2. The van der Waals surface area contributed by atoms with Gasteiger partial charge in [0.2, 0.25) is 5.91 Å². The summed E-state index contributed by atoms with van der Waals surface area (Å²) in [5.41, 5.74) is 1.78. The summed E-state index contributed by atoms with van der Waals surface area (Å²) in [6.45, 7) is 2.77. The van der Waals surface area contributed by atoms with E-state index in [9.17, 15) is 4.79 Å². The number of nitrogens with one attached hydrogen (secondary N) is 1. The third kappa shape index (κ3) is 2.24. The van der Waals surface area contributed by atoms with Crippen molar-refractivity contribution < 1.29 is 9.21 Å². The fraction of sp³-hybridized carbons (Fsp3) is 0.308. The van der Waals surface area contributed by atoms with E-state index < -0.39 is 0 Å². The van der Waals surface area contributed by atoms with Gasteiger partial charge in [0.05, 0.1) is 12.7 Å². The van der Waals surface area contributed by atoms with Gasteiger partial charge < -0.3 is 9.73 Å². The van der Waals surface area contributed by atoms with Crippen LogP contribution in [0.1, 0.15) is 18.9 Å². The molecule has 1 amide bonds. The van der Waals surface area contributed by atoms with E-state index in [1.807, 2.05) is 31.2 Å². The Bertz CT molecular complexity index is 487. The fourth-order valence-electron chi connectivity index (χ4n) is 1.67. The highest BCUT2D eigenvalue weighted by Gasteiger charge is 2.08. The lowest BCUT2D eigenvalue weighted by molar-refractivity contribution is -0.120. The van der Waals surface area contributed by atoms with Crippen LogP contribution in [0.2, 0.25) is 0 Å². The number of rotatable bonds is 4. The zero-order chi connectivity index (χ0) is 11.4. The first kappa shape index (κ1) is 10.7. The lowest BCUT2D eigenvalue weighted by Crippen LogP contribution is -2.25. The van der Waals surface area contributed by atoms with Crippen LogP contribution in [0.25, 0.3) is 11.0 Å². The largest absolute Gasteiger partial charge is 0.464 e. The molecule has 2 aromatic rings. The van der Waals surface area contributed by atoms with Crippen molar-refractivity contribution in [3.8, 4) is 0 Å². The van der Waals surface area contributed by atoms with Gasteiger partial charge in [-0.1, -0.05) is 25.1 Å². The number of para-hydroxylation sites is 1. The molecule has 0 aliphatic heterocycles. The highest BCUT2D eigenvalue weighted by atomic mass is 16.3. The molecular weight excluding hydrogens is 202 g/mol. The SMILES string of the molecule is CCCNC(=O)Cc1coc2ccccc12. The lowest BCUT2D eigenvalue weighted by atomic mass is 10.1. The topological polar surface area (TPSA) is 42.2 Å². The number of benzene rings is 1. The second-order valence-corrected chi connectivity index (χ2v) is 3.78. The Kier molecular flexibility index (Phi) is 3.25. The maximum Gasteiger partial charge on any atom is 0.224 e. The average molecular weight is 217 g/mol. The average Bonchev–Trinajstić information content (AvgIpc) is 2.70. The Morgan fingerprint density at radius 2 is 2.19 bits per heavy atom. The molecule has 0 atom stereocenters. The van der Waals surface area contributed by atoms with Gasteiger partial charge in [0.1, 0.15) is 5.58 Å². The van der Waals surface area contributed by atoms with Crippen LogP contribution in [0.4, 0.5) is 0 Å². The molecule has 3 nitrogen and oxygen atoms in total. The van der Waals surface area contributed by atoms with Gasteiger partial charge in [-0.3, -0.25) is 4.79 Å². The quantitative estimate of drug-likeness (QED) is 0.855. The standard InChI is InChI=1S/C13H15NO2/c1-2-7-14-13(15)8-10-9-16-12-6-4-3-5-11(10)12/h3-6,9H,2,7-8H2,1H3,(H,14,15). The predicted octanol–water partition coefficient (Wildman–Crippen LogP) is 2.50. The molecule has 0 radical (unpaired) electrons. The third-order valence-electron chi connectivity index (χ3n) is 2.48. The van der Waals surface area contributed by atoms with Crippen LogP contribution in [0.15, 0.2) is 34.9 Å². The zero-order valence-corrected chi connectivity index (χ0v) is 9.32. The summed E-state index contributed by atoms with van der Waals surface area (Å²) in [5.74, 6) is 0.0494. The van der Waals surface area contributed by atoms with Crippen LogP contribution in [0.5, 0.6) is 0 Å². The second-order valence-electron chi connectivity index (χ2n) is 3.78. The summed E-state index contributed by atoms with van der Waals surface area (Å²) in [6, 6.07) is 7.75. The van der Waals surface area contributed by atoms with Crippen molar-refractivity contribution in [1.29, 1.82) is 0 Å². The van der Waals surface area contributed by atoms with E-state index in [0.29, 0.717) is 6.42 Å². The predicted molar refractivity (Wildman–Crippen MR) is 63.2 cm³/mol. The van der Waals surface area contributed by atoms with Crippen LogP contribution in [0.3, 0.4) is 0 Å². The molecule has 0 fully saturated rings. The van der Waals surface area contributed by atoms with Crippen molar-refractivity contribution in [2.45, 2.75) is 19.8 Å². The highest BCUT2D eigenvalue weighted by molar-refractivity contribution is 5.87. The molecular formula is C13H15NO2. The highest BCUT2D eigenvalue weighted by Crippen LogP contribution is 2.20. The zero-order valence-electron chi connectivity index (χ0n) is 9.32. The summed E-state index contributed by atoms with van der Waals surface area (Å²) in [5, 5.41) is 3.88. The molecule has 0 aliphatic rings. The molecule has 1 aromatic carbocycles. The molecule has 16 heavy (non-hydrogen) atoms. The summed E-state index contributed by atoms with van der Waals surface area (Å²) in [4.78, 5) is 11.6.